The van der Waals surface area contributed by atoms with Gasteiger partial charge in [-0.25, -0.2) is 5.43 Å². The highest BCUT2D eigenvalue weighted by molar-refractivity contribution is 7.59. The Balaban J connectivity index is 0.00000274. The standard InChI is InChI=1S/C52H65N7O8.4H2S/c1-7-45(61)57-22-19-35(29-57)49(63)56(5)46(33-13-9-10-14-33)48(62)54-42-25-32-23-36(26-37(60)24-32)34-17-18-44-39(27-34)40(47(58(44)8-2)38-15-11-20-53-43(38)30-66-6)28-52(3,4)31-67-51(65)41-16-12-21-59(55-41)50(42)64;;;;/h7,11,15,17-18,20,23-24,26-27,33,35,41-42,46,55,60H,1,8-10,12-14,16,19,21-22,25,28-31H2,2-6H3,(H,54,62);4*1H2/t35-,41-,42-,46-;;;;/m0..../s1. The summed E-state index contributed by atoms with van der Waals surface area (Å²) in [6.45, 7) is 11.9. The van der Waals surface area contributed by atoms with Gasteiger partial charge in [-0.1, -0.05) is 45.4 Å². The van der Waals surface area contributed by atoms with Gasteiger partial charge in [0.1, 0.15) is 23.9 Å². The van der Waals surface area contributed by atoms with E-state index in [1.165, 1.54) is 16.0 Å². The number of hydrogen-bond donors (Lipinski definition) is 3. The minimum atomic E-state index is -1.14. The number of amides is 4. The number of fused-ring (bicyclic) bond motifs is 6. The van der Waals surface area contributed by atoms with Crippen molar-refractivity contribution >= 4 is 94.5 Å². The van der Waals surface area contributed by atoms with Gasteiger partial charge in [0.05, 0.1) is 30.5 Å². The van der Waals surface area contributed by atoms with Crippen molar-refractivity contribution in [2.45, 2.75) is 110 Å². The van der Waals surface area contributed by atoms with Crippen LogP contribution in [0.4, 0.5) is 0 Å². The normalized spacial score (nSPS) is 20.5. The van der Waals surface area contributed by atoms with E-state index in [1.807, 2.05) is 18.2 Å². The number of hydrazine groups is 1. The van der Waals surface area contributed by atoms with E-state index in [4.69, 9.17) is 14.5 Å². The summed E-state index contributed by atoms with van der Waals surface area (Å²) in [7, 11) is 3.30. The number of carbonyl (C=O) groups excluding carboxylic acids is 5. The van der Waals surface area contributed by atoms with Gasteiger partial charge < -0.3 is 34.3 Å². The third kappa shape index (κ3) is 12.8. The molecule has 15 nitrogen and oxygen atoms in total. The third-order valence-corrected chi connectivity index (χ3v) is 14.2. The number of aromatic hydroxyl groups is 1. The van der Waals surface area contributed by atoms with Crippen LogP contribution in [0, 0.1) is 17.3 Å². The predicted octanol–water partition coefficient (Wildman–Crippen LogP) is 6.39. The Morgan fingerprint density at radius 1 is 1.01 bits per heavy atom. The lowest BCUT2D eigenvalue weighted by molar-refractivity contribution is -0.155. The largest absolute Gasteiger partial charge is 0.508 e. The molecule has 3 aliphatic heterocycles. The molecule has 388 valence electrons. The smallest absolute Gasteiger partial charge is 0.324 e. The van der Waals surface area contributed by atoms with Crippen LogP contribution in [-0.2, 0) is 59.4 Å². The van der Waals surface area contributed by atoms with Crippen molar-refractivity contribution in [1.82, 2.24) is 35.1 Å². The van der Waals surface area contributed by atoms with E-state index in [2.05, 4.69) is 60.9 Å². The van der Waals surface area contributed by atoms with Crippen molar-refractivity contribution in [3.05, 3.63) is 84.2 Å². The molecule has 71 heavy (non-hydrogen) atoms. The maximum absolute atomic E-state index is 14.8. The molecule has 3 fully saturated rings. The number of benzene rings is 2. The van der Waals surface area contributed by atoms with Crippen LogP contribution in [0.25, 0.3) is 33.3 Å². The van der Waals surface area contributed by atoms with Crippen molar-refractivity contribution in [1.29, 1.82) is 0 Å². The number of likely N-dealkylation sites (tertiary alicyclic amines) is 1. The van der Waals surface area contributed by atoms with Crippen LogP contribution < -0.4 is 10.7 Å². The van der Waals surface area contributed by atoms with Crippen LogP contribution in [0.3, 0.4) is 0 Å². The number of nitrogens with zero attached hydrogens (tertiary/aromatic N) is 5. The van der Waals surface area contributed by atoms with E-state index in [1.54, 1.807) is 37.4 Å². The van der Waals surface area contributed by atoms with Crippen molar-refractivity contribution < 1.29 is 38.6 Å². The maximum Gasteiger partial charge on any atom is 0.324 e. The number of aryl methyl sites for hydroxylation is 1. The minimum Gasteiger partial charge on any atom is -0.508 e. The molecule has 3 N–H and O–H groups in total. The Hall–Kier alpha value is -4.66. The molecule has 1 saturated carbocycles. The first-order chi connectivity index (χ1) is 32.2. The molecule has 1 aliphatic carbocycles. The fraction of sp³-hybridized carbons (Fsp3) is 0.500. The van der Waals surface area contributed by atoms with E-state index < -0.39 is 47.2 Å². The molecule has 4 atom stereocenters. The average Bonchev–Trinajstić information content (AvgIpc) is 4.10. The zero-order valence-electron chi connectivity index (χ0n) is 41.5. The summed E-state index contributed by atoms with van der Waals surface area (Å²) in [6.07, 6.45) is 8.34. The first-order valence-electron chi connectivity index (χ1n) is 23.8. The molecule has 4 aromatic rings. The number of aromatic nitrogens is 2. The average molecular weight is 1050 g/mol. The van der Waals surface area contributed by atoms with Gasteiger partial charge in [-0.15, -0.1) is 0 Å². The molecule has 4 aliphatic rings. The van der Waals surface area contributed by atoms with E-state index in [0.717, 1.165) is 70.2 Å². The van der Waals surface area contributed by atoms with Crippen LogP contribution in [0.15, 0.2) is 67.4 Å². The molecule has 0 spiro atoms. The Kier molecular flexibility index (Phi) is 21.0. The maximum atomic E-state index is 14.8. The first kappa shape index (κ1) is 58.9. The monoisotopic (exact) mass is 1050 g/mol. The summed E-state index contributed by atoms with van der Waals surface area (Å²) >= 11 is 0. The zero-order chi connectivity index (χ0) is 47.6. The van der Waals surface area contributed by atoms with Gasteiger partial charge in [-0.3, -0.25) is 34.0 Å². The first-order valence-corrected chi connectivity index (χ1v) is 23.8. The predicted molar refractivity (Wildman–Crippen MR) is 296 cm³/mol. The van der Waals surface area contributed by atoms with Gasteiger partial charge in [0.15, 0.2) is 0 Å². The summed E-state index contributed by atoms with van der Waals surface area (Å²) in [5.41, 5.74) is 9.64. The highest BCUT2D eigenvalue weighted by atomic mass is 32.1. The number of esters is 1. The number of ether oxygens (including phenoxy) is 2. The van der Waals surface area contributed by atoms with Crippen molar-refractivity contribution in [3.8, 4) is 28.1 Å². The molecule has 8 rings (SSSR count). The van der Waals surface area contributed by atoms with Crippen molar-refractivity contribution in [2.75, 3.05) is 40.4 Å². The highest BCUT2D eigenvalue weighted by Crippen LogP contribution is 2.41. The minimum absolute atomic E-state index is 0. The summed E-state index contributed by atoms with van der Waals surface area (Å²) in [6, 6.07) is 12.7. The van der Waals surface area contributed by atoms with E-state index in [-0.39, 0.29) is 104 Å². The summed E-state index contributed by atoms with van der Waals surface area (Å²) in [5, 5.41) is 16.9. The second kappa shape index (κ2) is 25.3. The Morgan fingerprint density at radius 3 is 2.46 bits per heavy atom. The number of nitrogens with one attached hydrogen (secondary N) is 2. The van der Waals surface area contributed by atoms with E-state index in [0.29, 0.717) is 50.9 Å². The van der Waals surface area contributed by atoms with E-state index >= 15 is 0 Å². The summed E-state index contributed by atoms with van der Waals surface area (Å²) in [4.78, 5) is 78.0. The molecule has 2 aromatic heterocycles. The van der Waals surface area contributed by atoms with Crippen LogP contribution in [-0.4, -0.2) is 118 Å². The number of rotatable bonds is 10. The van der Waals surface area contributed by atoms with Gasteiger partial charge in [-0.2, -0.15) is 54.0 Å². The number of cyclic esters (lactones) is 1. The van der Waals surface area contributed by atoms with Crippen LogP contribution in [0.1, 0.15) is 82.5 Å². The van der Waals surface area contributed by atoms with Crippen molar-refractivity contribution in [3.63, 3.8) is 0 Å². The lowest BCUT2D eigenvalue weighted by Crippen LogP contribution is -2.62. The van der Waals surface area contributed by atoms with Crippen LogP contribution >= 0.6 is 54.0 Å². The van der Waals surface area contributed by atoms with Gasteiger partial charge in [0.25, 0.3) is 5.91 Å². The fourth-order valence-corrected chi connectivity index (χ4v) is 10.9. The van der Waals surface area contributed by atoms with Crippen LogP contribution in [0.2, 0.25) is 0 Å². The molecule has 5 heterocycles. The number of likely N-dealkylation sites (N-methyl/N-ethyl adjacent to an activating group) is 1. The summed E-state index contributed by atoms with van der Waals surface area (Å²) in [5.74, 6) is -2.44. The Labute approximate surface area is 445 Å². The lowest BCUT2D eigenvalue weighted by Gasteiger charge is -2.37. The third-order valence-electron chi connectivity index (χ3n) is 14.2. The number of methoxy groups -OCH3 is 1. The molecule has 0 radical (unpaired) electrons. The SMILES string of the molecule is C=CC(=O)N1CC[C@H](C(=O)N(C)[C@H](C(=O)N[C@H]2Cc3cc(O)cc(c3)-c3ccc4c(c3)c(c(-c3cccnc3COC)n4CC)CC(C)(C)COC(=O)[C@@H]3CCCN(N3)C2=O)C2CCCC2)C1.S.S.S.S. The fourth-order valence-electron chi connectivity index (χ4n) is 10.9. The molecule has 2 aromatic carbocycles. The molecule has 4 amide bonds. The lowest BCUT2D eigenvalue weighted by atomic mass is 9.84. The highest BCUT2D eigenvalue weighted by Gasteiger charge is 2.42. The molecule has 19 heteroatoms. The van der Waals surface area contributed by atoms with Gasteiger partial charge >= 0.3 is 5.97 Å². The van der Waals surface area contributed by atoms with E-state index in [9.17, 15) is 29.1 Å². The van der Waals surface area contributed by atoms with Crippen LogP contribution in [0.5, 0.6) is 5.75 Å². The summed E-state index contributed by atoms with van der Waals surface area (Å²) < 4.78 is 14.0. The Bertz CT molecular complexity index is 2570. The number of phenols is 1. The second-order valence-electron chi connectivity index (χ2n) is 19.6. The molecular weight excluding hydrogens is 979 g/mol. The Morgan fingerprint density at radius 2 is 1.76 bits per heavy atom. The topological polar surface area (TPSA) is 176 Å². The number of carbonyl (C=O) groups is 5. The quantitative estimate of drug-likeness (QED) is 0.119. The number of hydrogen-bond acceptors (Lipinski definition) is 10. The molecular formula is C52H73N7O8S4. The number of pyridine rings is 1. The van der Waals surface area contributed by atoms with Crippen molar-refractivity contribution in [2.24, 2.45) is 17.3 Å². The van der Waals surface area contributed by atoms with Gasteiger partial charge in [-0.05, 0) is 116 Å². The zero-order valence-corrected chi connectivity index (χ0v) is 45.5. The second-order valence-corrected chi connectivity index (χ2v) is 19.6. The molecule has 2 saturated heterocycles. The molecule has 6 bridgehead atoms. The molecule has 0 unspecified atom stereocenters. The van der Waals surface area contributed by atoms with Gasteiger partial charge in [0, 0.05) is 74.8 Å². The van der Waals surface area contributed by atoms with Gasteiger partial charge in [0.2, 0.25) is 17.7 Å². The number of phenolic OH excluding ortho intramolecular Hbond substituents is 1.